The van der Waals surface area contributed by atoms with Crippen molar-refractivity contribution in [1.82, 2.24) is 0 Å². The van der Waals surface area contributed by atoms with E-state index in [0.717, 1.165) is 23.3 Å². The maximum Gasteiger partial charge on any atom is 0.416 e. The normalized spacial score (nSPS) is 15.2. The highest BCUT2D eigenvalue weighted by atomic mass is 19.4. The van der Waals surface area contributed by atoms with E-state index in [-0.39, 0.29) is 33.9 Å². The van der Waals surface area contributed by atoms with Crippen LogP contribution in [0.15, 0.2) is 63.8 Å². The second-order valence-electron chi connectivity index (χ2n) is 10.3. The number of hydrogen-bond donors (Lipinski definition) is 0. The average Bonchev–Trinajstić information content (AvgIpc) is 3.20. The van der Waals surface area contributed by atoms with Gasteiger partial charge in [0.15, 0.2) is 16.9 Å². The van der Waals surface area contributed by atoms with Gasteiger partial charge in [-0.1, -0.05) is 26.0 Å². The number of methoxy groups -OCH3 is 1. The molecule has 9 heteroatoms. The Hall–Kier alpha value is -4.27. The van der Waals surface area contributed by atoms with Gasteiger partial charge in [-0.25, -0.2) is 0 Å². The summed E-state index contributed by atoms with van der Waals surface area (Å²) in [5.74, 6) is 0.162. The van der Waals surface area contributed by atoms with Crippen LogP contribution in [0.2, 0.25) is 0 Å². The average molecular weight is 552 g/mol. The number of carbonyl (C=O) groups is 1. The third kappa shape index (κ3) is 4.69. The Morgan fingerprint density at radius 2 is 1.70 bits per heavy atom. The largest absolute Gasteiger partial charge is 0.493 e. The molecule has 1 amide bonds. The molecule has 0 N–H and O–H groups in total. The quantitative estimate of drug-likeness (QED) is 0.253. The summed E-state index contributed by atoms with van der Waals surface area (Å²) < 4.78 is 58.3. The van der Waals surface area contributed by atoms with Gasteiger partial charge in [0, 0.05) is 5.69 Å². The first kappa shape index (κ1) is 27.3. The molecule has 5 rings (SSSR count). The number of amides is 1. The number of alkyl halides is 3. The zero-order chi connectivity index (χ0) is 28.9. The molecular formula is C31H28F3NO5. The number of halogens is 3. The number of nitrogens with zero attached hydrogens (tertiary/aromatic N) is 1. The molecule has 1 aromatic heterocycles. The lowest BCUT2D eigenvalue weighted by molar-refractivity contribution is -0.137. The van der Waals surface area contributed by atoms with Crippen molar-refractivity contribution >= 4 is 22.6 Å². The van der Waals surface area contributed by atoms with Gasteiger partial charge in [-0.3, -0.25) is 14.5 Å². The van der Waals surface area contributed by atoms with Crippen LogP contribution in [0.25, 0.3) is 11.0 Å². The van der Waals surface area contributed by atoms with Gasteiger partial charge >= 0.3 is 6.18 Å². The number of anilines is 1. The minimum atomic E-state index is -4.63. The summed E-state index contributed by atoms with van der Waals surface area (Å²) in [5.41, 5.74) is 1.11. The van der Waals surface area contributed by atoms with Crippen molar-refractivity contribution in [3.05, 3.63) is 98.4 Å². The molecule has 0 spiro atoms. The van der Waals surface area contributed by atoms with Crippen LogP contribution in [-0.4, -0.2) is 19.6 Å². The summed E-state index contributed by atoms with van der Waals surface area (Å²) in [5, 5.41) is 0.286. The summed E-state index contributed by atoms with van der Waals surface area (Å²) in [4.78, 5) is 29.0. The molecule has 2 heterocycles. The molecular weight excluding hydrogens is 523 g/mol. The molecule has 1 unspecified atom stereocenters. The van der Waals surface area contributed by atoms with Crippen molar-refractivity contribution in [2.75, 3.05) is 18.6 Å². The van der Waals surface area contributed by atoms with Crippen molar-refractivity contribution < 1.29 is 31.9 Å². The molecule has 0 saturated carbocycles. The molecule has 1 atom stereocenters. The zero-order valence-electron chi connectivity index (χ0n) is 22.7. The first-order chi connectivity index (χ1) is 18.9. The maximum atomic E-state index is 13.9. The monoisotopic (exact) mass is 551 g/mol. The van der Waals surface area contributed by atoms with Crippen molar-refractivity contribution in [2.45, 2.75) is 39.9 Å². The molecule has 1 aliphatic heterocycles. The van der Waals surface area contributed by atoms with Crippen LogP contribution in [-0.2, 0) is 6.18 Å². The predicted molar refractivity (Wildman–Crippen MR) is 145 cm³/mol. The van der Waals surface area contributed by atoms with E-state index in [2.05, 4.69) is 0 Å². The highest BCUT2D eigenvalue weighted by Gasteiger charge is 2.44. The zero-order valence-corrected chi connectivity index (χ0v) is 22.7. The molecule has 4 aromatic rings. The van der Waals surface area contributed by atoms with Gasteiger partial charge in [-0.2, -0.15) is 13.2 Å². The molecule has 6 nitrogen and oxygen atoms in total. The Bertz CT molecular complexity index is 1690. The Balaban J connectivity index is 1.76. The number of carbonyl (C=O) groups excluding carboxylic acids is 1. The molecule has 3 aromatic carbocycles. The molecule has 0 saturated heterocycles. The summed E-state index contributed by atoms with van der Waals surface area (Å²) >= 11 is 0. The van der Waals surface area contributed by atoms with Crippen molar-refractivity contribution in [3.63, 3.8) is 0 Å². The van der Waals surface area contributed by atoms with Crippen LogP contribution >= 0.6 is 0 Å². The number of ether oxygens (including phenoxy) is 2. The number of benzene rings is 3. The fourth-order valence-electron chi connectivity index (χ4n) is 4.87. The topological polar surface area (TPSA) is 69.0 Å². The van der Waals surface area contributed by atoms with E-state index in [1.165, 1.54) is 24.1 Å². The maximum absolute atomic E-state index is 13.9. The van der Waals surface area contributed by atoms with E-state index in [4.69, 9.17) is 13.9 Å². The third-order valence-electron chi connectivity index (χ3n) is 7.01. The fraction of sp³-hybridized carbons (Fsp3) is 0.290. The van der Waals surface area contributed by atoms with E-state index in [1.54, 1.807) is 30.3 Å². The van der Waals surface area contributed by atoms with Crippen molar-refractivity contribution in [2.24, 2.45) is 5.92 Å². The summed E-state index contributed by atoms with van der Waals surface area (Å²) in [6.45, 7) is 8.16. The summed E-state index contributed by atoms with van der Waals surface area (Å²) in [6.07, 6.45) is -4.63. The predicted octanol–water partition coefficient (Wildman–Crippen LogP) is 7.22. The minimum Gasteiger partial charge on any atom is -0.493 e. The first-order valence-corrected chi connectivity index (χ1v) is 12.8. The fourth-order valence-corrected chi connectivity index (χ4v) is 4.87. The van der Waals surface area contributed by atoms with Gasteiger partial charge < -0.3 is 13.9 Å². The smallest absolute Gasteiger partial charge is 0.416 e. The standard InChI is InChI=1S/C31H28F3NO5/c1-16(2)15-39-23-10-9-19(13-25(23)38-5)27-26-28(36)22-11-17(3)18(4)12-24(22)40-29(26)30(37)35(27)21-8-6-7-20(14-21)31(32,33)34/h6-14,16,27H,15H2,1-5H3. The van der Waals surface area contributed by atoms with E-state index < -0.39 is 29.1 Å². The lowest BCUT2D eigenvalue weighted by Gasteiger charge is -2.26. The Morgan fingerprint density at radius 1 is 0.975 bits per heavy atom. The second-order valence-corrected chi connectivity index (χ2v) is 10.3. The minimum absolute atomic E-state index is 0.0221. The van der Waals surface area contributed by atoms with Gasteiger partial charge in [0.2, 0.25) is 5.76 Å². The van der Waals surface area contributed by atoms with Crippen LogP contribution in [0.5, 0.6) is 11.5 Å². The van der Waals surface area contributed by atoms with E-state index in [0.29, 0.717) is 23.7 Å². The molecule has 0 radical (unpaired) electrons. The Labute approximate surface area is 228 Å². The van der Waals surface area contributed by atoms with Crippen LogP contribution in [0.1, 0.15) is 58.3 Å². The Morgan fingerprint density at radius 3 is 2.38 bits per heavy atom. The number of fused-ring (bicyclic) bond motifs is 2. The first-order valence-electron chi connectivity index (χ1n) is 12.8. The number of rotatable bonds is 6. The van der Waals surface area contributed by atoms with E-state index in [1.807, 2.05) is 27.7 Å². The van der Waals surface area contributed by atoms with Gasteiger partial charge in [-0.15, -0.1) is 0 Å². The molecule has 208 valence electrons. The molecule has 0 bridgehead atoms. The van der Waals surface area contributed by atoms with Crippen LogP contribution in [0.4, 0.5) is 18.9 Å². The van der Waals surface area contributed by atoms with Crippen LogP contribution in [0, 0.1) is 19.8 Å². The Kier molecular flexibility index (Phi) is 6.85. The lowest BCUT2D eigenvalue weighted by atomic mass is 9.96. The second kappa shape index (κ2) is 10.0. The lowest BCUT2D eigenvalue weighted by Crippen LogP contribution is -2.29. The number of hydrogen-bond acceptors (Lipinski definition) is 5. The molecule has 1 aliphatic rings. The molecule has 40 heavy (non-hydrogen) atoms. The highest BCUT2D eigenvalue weighted by Crippen LogP contribution is 2.44. The van der Waals surface area contributed by atoms with E-state index >= 15 is 0 Å². The van der Waals surface area contributed by atoms with Crippen molar-refractivity contribution in [3.8, 4) is 11.5 Å². The summed E-state index contributed by atoms with van der Waals surface area (Å²) in [7, 11) is 1.46. The van der Waals surface area contributed by atoms with Gasteiger partial charge in [0.25, 0.3) is 5.91 Å². The van der Waals surface area contributed by atoms with Gasteiger partial charge in [-0.05, 0) is 78.9 Å². The van der Waals surface area contributed by atoms with Crippen LogP contribution < -0.4 is 19.8 Å². The molecule has 0 fully saturated rings. The van der Waals surface area contributed by atoms with Crippen molar-refractivity contribution in [1.29, 1.82) is 0 Å². The van der Waals surface area contributed by atoms with Gasteiger partial charge in [0.1, 0.15) is 5.58 Å². The van der Waals surface area contributed by atoms with Gasteiger partial charge in [0.05, 0.1) is 36.3 Å². The van der Waals surface area contributed by atoms with E-state index in [9.17, 15) is 22.8 Å². The summed E-state index contributed by atoms with van der Waals surface area (Å²) in [6, 6.07) is 11.8. The third-order valence-corrected chi connectivity index (χ3v) is 7.01. The number of aryl methyl sites for hydroxylation is 2. The SMILES string of the molecule is COc1cc(C2c3c(oc4cc(C)c(C)cc4c3=O)C(=O)N2c2cccc(C(F)(F)F)c2)ccc1OCC(C)C. The highest BCUT2D eigenvalue weighted by molar-refractivity contribution is 6.10. The van der Waals surface area contributed by atoms with Crippen LogP contribution in [0.3, 0.4) is 0 Å². The molecule has 0 aliphatic carbocycles.